The van der Waals surface area contributed by atoms with Gasteiger partial charge in [0.15, 0.2) is 0 Å². The zero-order valence-corrected chi connectivity index (χ0v) is 11.1. The molecule has 0 aliphatic carbocycles. The predicted molar refractivity (Wildman–Crippen MR) is 72.1 cm³/mol. The smallest absolute Gasteiger partial charge is 0.225 e. The molecule has 0 bridgehead atoms. The van der Waals surface area contributed by atoms with E-state index in [2.05, 4.69) is 0 Å². The second kappa shape index (κ2) is 5.10. The number of halogens is 1. The molecule has 0 atom stereocenters. The van der Waals surface area contributed by atoms with Crippen LogP contribution in [0.2, 0.25) is 5.02 Å². The van der Waals surface area contributed by atoms with Crippen LogP contribution in [-0.4, -0.2) is 8.42 Å². The maximum absolute atomic E-state index is 11.1. The van der Waals surface area contributed by atoms with Crippen molar-refractivity contribution in [2.24, 2.45) is 5.14 Å². The monoisotopic (exact) mass is 281 g/mol. The van der Waals surface area contributed by atoms with Crippen molar-refractivity contribution in [2.45, 2.75) is 11.3 Å². The molecule has 0 amide bonds. The van der Waals surface area contributed by atoms with Gasteiger partial charge < -0.3 is 0 Å². The largest absolute Gasteiger partial charge is 0.238 e. The van der Waals surface area contributed by atoms with E-state index in [-0.39, 0.29) is 4.90 Å². The summed E-state index contributed by atoms with van der Waals surface area (Å²) in [6.45, 7) is 0. The molecule has 2 aromatic carbocycles. The third-order valence-corrected chi connectivity index (χ3v) is 3.75. The summed E-state index contributed by atoms with van der Waals surface area (Å²) < 4.78 is 22.2. The second-order valence-corrected chi connectivity index (χ2v) is 5.99. The van der Waals surface area contributed by atoms with E-state index in [1.165, 1.54) is 12.1 Å². The number of benzene rings is 2. The zero-order valence-electron chi connectivity index (χ0n) is 9.51. The predicted octanol–water partition coefficient (Wildman–Crippen LogP) is 2.58. The minimum Gasteiger partial charge on any atom is -0.225 e. The number of hydrogen-bond acceptors (Lipinski definition) is 2. The molecular weight excluding hydrogens is 270 g/mol. The van der Waals surface area contributed by atoms with Gasteiger partial charge in [-0.1, -0.05) is 35.9 Å². The lowest BCUT2D eigenvalue weighted by Crippen LogP contribution is -2.11. The molecule has 5 heteroatoms. The summed E-state index contributed by atoms with van der Waals surface area (Å²) in [6, 6.07) is 14.1. The summed E-state index contributed by atoms with van der Waals surface area (Å²) in [5.74, 6) is 0. The van der Waals surface area contributed by atoms with Crippen LogP contribution in [0.3, 0.4) is 0 Å². The van der Waals surface area contributed by atoms with E-state index >= 15 is 0 Å². The zero-order chi connectivity index (χ0) is 13.2. The highest BCUT2D eigenvalue weighted by molar-refractivity contribution is 7.89. The van der Waals surface area contributed by atoms with E-state index in [4.69, 9.17) is 16.7 Å². The van der Waals surface area contributed by atoms with E-state index in [1.54, 1.807) is 12.1 Å². The van der Waals surface area contributed by atoms with Crippen molar-refractivity contribution in [1.29, 1.82) is 0 Å². The Kier molecular flexibility index (Phi) is 3.71. The molecule has 3 nitrogen and oxygen atoms in total. The molecule has 2 rings (SSSR count). The Labute approximate surface area is 111 Å². The minimum absolute atomic E-state index is 0.127. The molecule has 18 heavy (non-hydrogen) atoms. The van der Waals surface area contributed by atoms with Gasteiger partial charge >= 0.3 is 0 Å². The van der Waals surface area contributed by atoms with Crippen molar-refractivity contribution >= 4 is 21.6 Å². The molecule has 0 aliphatic rings. The van der Waals surface area contributed by atoms with Crippen LogP contribution in [0.25, 0.3) is 0 Å². The molecular formula is C13H12ClNO2S. The van der Waals surface area contributed by atoms with Gasteiger partial charge in [0.05, 0.1) is 4.90 Å². The Morgan fingerprint density at radius 2 is 1.33 bits per heavy atom. The first-order chi connectivity index (χ1) is 8.45. The number of primary sulfonamides is 1. The fourth-order valence-corrected chi connectivity index (χ4v) is 2.28. The lowest BCUT2D eigenvalue weighted by Gasteiger charge is -2.03. The van der Waals surface area contributed by atoms with Crippen molar-refractivity contribution in [1.82, 2.24) is 0 Å². The van der Waals surface area contributed by atoms with Crippen molar-refractivity contribution in [2.75, 3.05) is 0 Å². The van der Waals surface area contributed by atoms with E-state index < -0.39 is 10.0 Å². The fraction of sp³-hybridized carbons (Fsp3) is 0.0769. The first-order valence-corrected chi connectivity index (χ1v) is 7.24. The summed E-state index contributed by atoms with van der Waals surface area (Å²) in [6.07, 6.45) is 0.724. The maximum atomic E-state index is 11.1. The summed E-state index contributed by atoms with van der Waals surface area (Å²) in [5, 5.41) is 5.73. The SMILES string of the molecule is NS(=O)(=O)c1ccc(Cc2ccc(Cl)cc2)cc1. The topological polar surface area (TPSA) is 60.2 Å². The van der Waals surface area contributed by atoms with Gasteiger partial charge in [-0.15, -0.1) is 0 Å². The van der Waals surface area contributed by atoms with Crippen molar-refractivity contribution in [3.8, 4) is 0 Å². The molecule has 0 unspecified atom stereocenters. The summed E-state index contributed by atoms with van der Waals surface area (Å²) in [5.41, 5.74) is 2.13. The molecule has 2 N–H and O–H groups in total. The standard InChI is InChI=1S/C13H12ClNO2S/c14-12-5-1-10(2-6-12)9-11-3-7-13(8-4-11)18(15,16)17/h1-8H,9H2,(H2,15,16,17). The van der Waals surface area contributed by atoms with Gasteiger partial charge in [0.1, 0.15) is 0 Å². The second-order valence-electron chi connectivity index (χ2n) is 3.99. The molecule has 0 fully saturated rings. The highest BCUT2D eigenvalue weighted by Crippen LogP contribution is 2.15. The summed E-state index contributed by atoms with van der Waals surface area (Å²) in [4.78, 5) is 0.127. The van der Waals surface area contributed by atoms with E-state index in [1.807, 2.05) is 24.3 Å². The Bertz CT molecular complexity index is 634. The van der Waals surface area contributed by atoms with E-state index in [0.717, 1.165) is 17.5 Å². The van der Waals surface area contributed by atoms with Crippen LogP contribution in [0, 0.1) is 0 Å². The summed E-state index contributed by atoms with van der Waals surface area (Å²) in [7, 11) is -3.62. The first kappa shape index (κ1) is 13.1. The van der Waals surface area contributed by atoms with Crippen LogP contribution in [0.1, 0.15) is 11.1 Å². The van der Waals surface area contributed by atoms with Gasteiger partial charge in [0, 0.05) is 5.02 Å². The van der Waals surface area contributed by atoms with E-state index in [9.17, 15) is 8.42 Å². The first-order valence-electron chi connectivity index (χ1n) is 5.31. The van der Waals surface area contributed by atoms with Gasteiger partial charge in [-0.3, -0.25) is 0 Å². The molecule has 0 saturated heterocycles. The molecule has 0 aromatic heterocycles. The highest BCUT2D eigenvalue weighted by Gasteiger charge is 2.06. The third kappa shape index (κ3) is 3.32. The average molecular weight is 282 g/mol. The van der Waals surface area contributed by atoms with Crippen LogP contribution in [0.5, 0.6) is 0 Å². The molecule has 0 aliphatic heterocycles. The Morgan fingerprint density at radius 3 is 1.78 bits per heavy atom. The van der Waals surface area contributed by atoms with E-state index in [0.29, 0.717) is 5.02 Å². The van der Waals surface area contributed by atoms with Crippen LogP contribution in [-0.2, 0) is 16.4 Å². The quantitative estimate of drug-likeness (QED) is 0.940. The number of nitrogens with two attached hydrogens (primary N) is 1. The lowest BCUT2D eigenvalue weighted by atomic mass is 10.1. The molecule has 2 aromatic rings. The maximum Gasteiger partial charge on any atom is 0.238 e. The third-order valence-electron chi connectivity index (χ3n) is 2.57. The van der Waals surface area contributed by atoms with Crippen LogP contribution >= 0.6 is 11.6 Å². The molecule has 0 saturated carbocycles. The Balaban J connectivity index is 2.18. The lowest BCUT2D eigenvalue weighted by molar-refractivity contribution is 0.598. The van der Waals surface area contributed by atoms with Crippen LogP contribution in [0.15, 0.2) is 53.4 Å². The molecule has 0 radical (unpaired) electrons. The van der Waals surface area contributed by atoms with Gasteiger partial charge in [-0.25, -0.2) is 13.6 Å². The minimum atomic E-state index is -3.62. The molecule has 94 valence electrons. The normalized spacial score (nSPS) is 11.4. The van der Waals surface area contributed by atoms with Crippen LogP contribution in [0.4, 0.5) is 0 Å². The van der Waals surface area contributed by atoms with Gasteiger partial charge in [0.2, 0.25) is 10.0 Å². The molecule has 0 spiro atoms. The molecule has 0 heterocycles. The van der Waals surface area contributed by atoms with Crippen molar-refractivity contribution < 1.29 is 8.42 Å². The fourth-order valence-electron chi connectivity index (χ4n) is 1.63. The summed E-state index contributed by atoms with van der Waals surface area (Å²) >= 11 is 5.81. The van der Waals surface area contributed by atoms with Gasteiger partial charge in [-0.05, 0) is 41.8 Å². The average Bonchev–Trinajstić information content (AvgIpc) is 2.32. The van der Waals surface area contributed by atoms with Gasteiger partial charge in [0.25, 0.3) is 0 Å². The van der Waals surface area contributed by atoms with Crippen molar-refractivity contribution in [3.05, 3.63) is 64.7 Å². The number of hydrogen-bond donors (Lipinski definition) is 1. The highest BCUT2D eigenvalue weighted by atomic mass is 35.5. The Morgan fingerprint density at radius 1 is 0.889 bits per heavy atom. The number of rotatable bonds is 3. The van der Waals surface area contributed by atoms with Crippen LogP contribution < -0.4 is 5.14 Å². The van der Waals surface area contributed by atoms with Gasteiger partial charge in [-0.2, -0.15) is 0 Å². The Hall–Kier alpha value is -1.36. The van der Waals surface area contributed by atoms with Crippen molar-refractivity contribution in [3.63, 3.8) is 0 Å². The number of sulfonamides is 1.